The molecule has 2 heterocycles. The second kappa shape index (κ2) is 2.98. The molecule has 74 valence electrons. The molecule has 3 heteroatoms. The van der Waals surface area contributed by atoms with Gasteiger partial charge in [-0.25, -0.2) is 0 Å². The van der Waals surface area contributed by atoms with Crippen LogP contribution in [0.2, 0.25) is 0 Å². The Morgan fingerprint density at radius 3 is 2.69 bits per heavy atom. The van der Waals surface area contributed by atoms with Crippen LogP contribution < -0.4 is 0 Å². The van der Waals surface area contributed by atoms with E-state index in [9.17, 15) is 4.79 Å². The molecule has 2 aliphatic heterocycles. The number of ether oxygens (including phenoxy) is 1. The van der Waals surface area contributed by atoms with E-state index >= 15 is 0 Å². The van der Waals surface area contributed by atoms with E-state index in [2.05, 4.69) is 13.8 Å². The highest BCUT2D eigenvalue weighted by Gasteiger charge is 2.47. The molecule has 0 spiro atoms. The van der Waals surface area contributed by atoms with Crippen LogP contribution in [0.3, 0.4) is 0 Å². The van der Waals surface area contributed by atoms with Gasteiger partial charge in [-0.05, 0) is 12.3 Å². The van der Waals surface area contributed by atoms with Crippen molar-refractivity contribution in [1.82, 2.24) is 4.90 Å². The predicted octanol–water partition coefficient (Wildman–Crippen LogP) is 0.888. The largest absolute Gasteiger partial charge is 0.376 e. The number of amides is 1. The summed E-state index contributed by atoms with van der Waals surface area (Å²) in [5.74, 6) is 0.972. The van der Waals surface area contributed by atoms with E-state index < -0.39 is 0 Å². The Balaban J connectivity index is 2.11. The summed E-state index contributed by atoms with van der Waals surface area (Å²) in [4.78, 5) is 13.7. The van der Waals surface area contributed by atoms with Crippen LogP contribution in [0.15, 0.2) is 0 Å². The SMILES string of the molecule is CC(C)C1CC2OCC2C(=O)N1C. The molecule has 13 heavy (non-hydrogen) atoms. The molecule has 2 fully saturated rings. The Bertz CT molecular complexity index is 227. The first-order valence-corrected chi connectivity index (χ1v) is 4.99. The molecule has 0 aliphatic carbocycles. The minimum atomic E-state index is 0.167. The van der Waals surface area contributed by atoms with Gasteiger partial charge in [-0.3, -0.25) is 4.79 Å². The minimum Gasteiger partial charge on any atom is -0.376 e. The van der Waals surface area contributed by atoms with E-state index in [4.69, 9.17) is 4.74 Å². The van der Waals surface area contributed by atoms with Crippen LogP contribution in [0, 0.1) is 11.8 Å². The normalized spacial score (nSPS) is 38.9. The zero-order valence-corrected chi connectivity index (χ0v) is 8.49. The highest BCUT2D eigenvalue weighted by molar-refractivity contribution is 5.81. The number of carbonyl (C=O) groups excluding carboxylic acids is 1. The lowest BCUT2D eigenvalue weighted by Crippen LogP contribution is -2.60. The second-order valence-corrected chi connectivity index (χ2v) is 4.47. The fourth-order valence-corrected chi connectivity index (χ4v) is 2.33. The monoisotopic (exact) mass is 183 g/mol. The fourth-order valence-electron chi connectivity index (χ4n) is 2.33. The topological polar surface area (TPSA) is 29.5 Å². The maximum atomic E-state index is 11.7. The van der Waals surface area contributed by atoms with Crippen molar-refractivity contribution in [3.8, 4) is 0 Å². The number of nitrogens with zero attached hydrogens (tertiary/aromatic N) is 1. The molecule has 3 nitrogen and oxygen atoms in total. The average molecular weight is 183 g/mol. The molecule has 0 N–H and O–H groups in total. The molecule has 3 unspecified atom stereocenters. The van der Waals surface area contributed by atoms with E-state index in [1.807, 2.05) is 11.9 Å². The molecule has 0 aromatic carbocycles. The number of fused-ring (bicyclic) bond motifs is 1. The molecular weight excluding hydrogens is 166 g/mol. The van der Waals surface area contributed by atoms with Gasteiger partial charge in [0.2, 0.25) is 5.91 Å². The number of rotatable bonds is 1. The van der Waals surface area contributed by atoms with Gasteiger partial charge in [0.15, 0.2) is 0 Å². The van der Waals surface area contributed by atoms with Crippen LogP contribution in [-0.2, 0) is 9.53 Å². The van der Waals surface area contributed by atoms with Gasteiger partial charge in [-0.15, -0.1) is 0 Å². The molecule has 2 aliphatic rings. The molecule has 0 aromatic rings. The van der Waals surface area contributed by atoms with Gasteiger partial charge in [0.05, 0.1) is 18.6 Å². The van der Waals surface area contributed by atoms with E-state index in [-0.39, 0.29) is 17.9 Å². The van der Waals surface area contributed by atoms with Crippen LogP contribution >= 0.6 is 0 Å². The first-order chi connectivity index (χ1) is 6.11. The molecule has 3 atom stereocenters. The average Bonchev–Trinajstić information content (AvgIpc) is 1.99. The summed E-state index contributed by atoms with van der Waals surface area (Å²) in [5.41, 5.74) is 0. The fraction of sp³-hybridized carbons (Fsp3) is 0.900. The Kier molecular flexibility index (Phi) is 2.06. The Labute approximate surface area is 79.0 Å². The van der Waals surface area contributed by atoms with E-state index in [0.717, 1.165) is 6.42 Å². The van der Waals surface area contributed by atoms with E-state index in [0.29, 0.717) is 18.6 Å². The van der Waals surface area contributed by atoms with Gasteiger partial charge in [0, 0.05) is 13.1 Å². The summed E-state index contributed by atoms with van der Waals surface area (Å²) in [5, 5.41) is 0. The van der Waals surface area contributed by atoms with E-state index in [1.165, 1.54) is 0 Å². The van der Waals surface area contributed by atoms with Crippen molar-refractivity contribution in [2.75, 3.05) is 13.7 Å². The van der Waals surface area contributed by atoms with Gasteiger partial charge < -0.3 is 9.64 Å². The molecule has 0 radical (unpaired) electrons. The summed E-state index contributed by atoms with van der Waals surface area (Å²) in [7, 11) is 1.92. The van der Waals surface area contributed by atoms with Gasteiger partial charge in [-0.1, -0.05) is 13.8 Å². The zero-order chi connectivity index (χ0) is 9.59. The van der Waals surface area contributed by atoms with Crippen molar-refractivity contribution in [2.45, 2.75) is 32.4 Å². The molecule has 2 saturated heterocycles. The summed E-state index contributed by atoms with van der Waals surface area (Å²) < 4.78 is 5.39. The summed E-state index contributed by atoms with van der Waals surface area (Å²) >= 11 is 0. The van der Waals surface area contributed by atoms with Crippen molar-refractivity contribution in [2.24, 2.45) is 11.8 Å². The third-order valence-electron chi connectivity index (χ3n) is 3.34. The lowest BCUT2D eigenvalue weighted by molar-refractivity contribution is -0.186. The lowest BCUT2D eigenvalue weighted by Gasteiger charge is -2.48. The molecule has 1 amide bonds. The number of carbonyl (C=O) groups is 1. The van der Waals surface area contributed by atoms with Crippen LogP contribution in [0.1, 0.15) is 20.3 Å². The van der Waals surface area contributed by atoms with Crippen molar-refractivity contribution >= 4 is 5.91 Å². The van der Waals surface area contributed by atoms with E-state index in [1.54, 1.807) is 0 Å². The quantitative estimate of drug-likeness (QED) is 0.604. The number of likely N-dealkylation sites (tertiary alicyclic amines) is 1. The molecule has 0 aromatic heterocycles. The highest BCUT2D eigenvalue weighted by atomic mass is 16.5. The molecule has 0 saturated carbocycles. The predicted molar refractivity (Wildman–Crippen MR) is 49.2 cm³/mol. The van der Waals surface area contributed by atoms with Gasteiger partial charge in [-0.2, -0.15) is 0 Å². The maximum absolute atomic E-state index is 11.7. The second-order valence-electron chi connectivity index (χ2n) is 4.47. The Hall–Kier alpha value is -0.570. The zero-order valence-electron chi connectivity index (χ0n) is 8.49. The van der Waals surface area contributed by atoms with Crippen molar-refractivity contribution in [1.29, 1.82) is 0 Å². The summed E-state index contributed by atoms with van der Waals surface area (Å²) in [6.07, 6.45) is 1.24. The highest BCUT2D eigenvalue weighted by Crippen LogP contribution is 2.34. The third kappa shape index (κ3) is 1.26. The first kappa shape index (κ1) is 9.00. The van der Waals surface area contributed by atoms with Gasteiger partial charge in [0.1, 0.15) is 0 Å². The first-order valence-electron chi connectivity index (χ1n) is 4.99. The van der Waals surface area contributed by atoms with Gasteiger partial charge >= 0.3 is 0 Å². The molecule has 2 rings (SSSR count). The molecular formula is C10H17NO2. The van der Waals surface area contributed by atoms with Crippen LogP contribution in [0.25, 0.3) is 0 Å². The van der Waals surface area contributed by atoms with Crippen molar-refractivity contribution in [3.05, 3.63) is 0 Å². The van der Waals surface area contributed by atoms with Gasteiger partial charge in [0.25, 0.3) is 0 Å². The summed E-state index contributed by atoms with van der Waals surface area (Å²) in [6, 6.07) is 0.369. The lowest BCUT2D eigenvalue weighted by atomic mass is 9.82. The Morgan fingerprint density at radius 1 is 1.54 bits per heavy atom. The smallest absolute Gasteiger partial charge is 0.230 e. The third-order valence-corrected chi connectivity index (χ3v) is 3.34. The number of hydrogen-bond donors (Lipinski definition) is 0. The van der Waals surface area contributed by atoms with Crippen LogP contribution in [0.4, 0.5) is 0 Å². The van der Waals surface area contributed by atoms with Crippen molar-refractivity contribution < 1.29 is 9.53 Å². The Morgan fingerprint density at radius 2 is 2.23 bits per heavy atom. The van der Waals surface area contributed by atoms with Crippen LogP contribution in [-0.4, -0.2) is 36.6 Å². The maximum Gasteiger partial charge on any atom is 0.230 e. The molecule has 0 bridgehead atoms. The number of piperidine rings is 1. The van der Waals surface area contributed by atoms with Crippen molar-refractivity contribution in [3.63, 3.8) is 0 Å². The number of hydrogen-bond acceptors (Lipinski definition) is 2. The van der Waals surface area contributed by atoms with Crippen LogP contribution in [0.5, 0.6) is 0 Å². The summed E-state index contributed by atoms with van der Waals surface area (Å²) in [6.45, 7) is 4.96. The minimum absolute atomic E-state index is 0.167. The standard InChI is InChI=1S/C10H17NO2/c1-6(2)8-4-9-7(5-13-9)10(12)11(8)3/h6-9H,4-5H2,1-3H3.